The minimum absolute atomic E-state index is 0.0665. The lowest BCUT2D eigenvalue weighted by Crippen LogP contribution is -2.40. The zero-order chi connectivity index (χ0) is 30.2. The van der Waals surface area contributed by atoms with Gasteiger partial charge >= 0.3 is 6.18 Å². The van der Waals surface area contributed by atoms with Crippen molar-refractivity contribution in [1.82, 2.24) is 24.5 Å². The average molecular weight is 616 g/mol. The van der Waals surface area contributed by atoms with Crippen LogP contribution in [-0.2, 0) is 0 Å². The van der Waals surface area contributed by atoms with E-state index in [1.807, 2.05) is 12.1 Å². The molecule has 43 heavy (non-hydrogen) atoms. The van der Waals surface area contributed by atoms with Crippen LogP contribution in [0.5, 0.6) is 5.88 Å². The van der Waals surface area contributed by atoms with Gasteiger partial charge in [0.15, 0.2) is 5.82 Å². The van der Waals surface area contributed by atoms with Gasteiger partial charge in [0.1, 0.15) is 10.8 Å². The number of carbonyl (C=O) groups is 1. The van der Waals surface area contributed by atoms with Crippen LogP contribution in [0.25, 0.3) is 5.82 Å². The first-order chi connectivity index (χ1) is 20.5. The van der Waals surface area contributed by atoms with E-state index >= 15 is 0 Å². The molecule has 0 radical (unpaired) electrons. The summed E-state index contributed by atoms with van der Waals surface area (Å²) >= 11 is 1.15. The number of nitrogens with one attached hydrogen (secondary N) is 2. The Bertz CT molecular complexity index is 1460. The maximum atomic E-state index is 13.5. The highest BCUT2D eigenvalue weighted by Gasteiger charge is 2.62. The number of fused-ring (bicyclic) bond motifs is 8. The number of hydrogen-bond donors (Lipinski definition) is 2. The van der Waals surface area contributed by atoms with Crippen molar-refractivity contribution in [3.63, 3.8) is 0 Å². The van der Waals surface area contributed by atoms with Gasteiger partial charge in [0.25, 0.3) is 5.91 Å². The fraction of sp³-hybridized carbons (Fsp3) is 0.533. The molecule has 1 saturated heterocycles. The van der Waals surface area contributed by atoms with E-state index < -0.39 is 11.6 Å². The Balaban J connectivity index is 1.25. The minimum Gasteiger partial charge on any atom is -0.477 e. The molecule has 6 heterocycles. The number of pyridine rings is 2. The molecule has 1 atom stereocenters. The molecular formula is C30H36F3N7O2S. The number of rotatable bonds is 5. The van der Waals surface area contributed by atoms with Crippen LogP contribution in [0.4, 0.5) is 24.7 Å². The van der Waals surface area contributed by atoms with Gasteiger partial charge in [0.05, 0.1) is 29.5 Å². The number of hydrogen-bond acceptors (Lipinski definition) is 8. The monoisotopic (exact) mass is 615 g/mol. The van der Waals surface area contributed by atoms with Crippen LogP contribution in [-0.4, -0.2) is 57.1 Å². The molecule has 0 spiro atoms. The number of aromatic nitrogens is 4. The Morgan fingerprint density at radius 1 is 1.14 bits per heavy atom. The zero-order valence-electron chi connectivity index (χ0n) is 24.3. The van der Waals surface area contributed by atoms with E-state index in [2.05, 4.69) is 38.9 Å². The fourth-order valence-corrected chi connectivity index (χ4v) is 6.63. The quantitative estimate of drug-likeness (QED) is 0.318. The Morgan fingerprint density at radius 2 is 1.98 bits per heavy atom. The highest BCUT2D eigenvalue weighted by atomic mass is 32.2. The molecule has 1 unspecified atom stereocenters. The van der Waals surface area contributed by atoms with Crippen LogP contribution < -0.4 is 19.7 Å². The molecule has 2 fully saturated rings. The summed E-state index contributed by atoms with van der Waals surface area (Å²) < 4.78 is 49.9. The van der Waals surface area contributed by atoms with E-state index in [1.165, 1.54) is 4.68 Å². The lowest BCUT2D eigenvalue weighted by atomic mass is 9.93. The van der Waals surface area contributed by atoms with Crippen LogP contribution in [0.3, 0.4) is 0 Å². The van der Waals surface area contributed by atoms with E-state index in [0.717, 1.165) is 56.4 Å². The summed E-state index contributed by atoms with van der Waals surface area (Å²) in [4.78, 5) is 25.1. The highest BCUT2D eigenvalue weighted by Crippen LogP contribution is 2.59. The number of halogens is 3. The fourth-order valence-electron chi connectivity index (χ4n) is 6.08. The van der Waals surface area contributed by atoms with Gasteiger partial charge in [-0.05, 0) is 82.6 Å². The van der Waals surface area contributed by atoms with Crippen LogP contribution >= 0.6 is 11.9 Å². The van der Waals surface area contributed by atoms with Gasteiger partial charge in [-0.15, -0.1) is 5.10 Å². The number of carbonyl (C=O) groups excluding carboxylic acids is 1. The van der Waals surface area contributed by atoms with Crippen LogP contribution in [0.1, 0.15) is 69.2 Å². The van der Waals surface area contributed by atoms with E-state index in [9.17, 15) is 18.0 Å². The molecule has 13 heteroatoms. The Hall–Kier alpha value is -3.48. The minimum atomic E-state index is -4.21. The van der Waals surface area contributed by atoms with E-state index in [1.54, 1.807) is 30.6 Å². The molecule has 9 nitrogen and oxygen atoms in total. The molecule has 1 amide bonds. The second kappa shape index (κ2) is 11.5. The van der Waals surface area contributed by atoms with Gasteiger partial charge in [0.2, 0.25) is 5.88 Å². The highest BCUT2D eigenvalue weighted by molar-refractivity contribution is 7.97. The van der Waals surface area contributed by atoms with Crippen molar-refractivity contribution in [2.45, 2.75) is 75.5 Å². The number of ether oxygens (including phenoxy) is 1. The molecule has 3 aliphatic heterocycles. The normalized spacial score (nSPS) is 21.5. The largest absolute Gasteiger partial charge is 0.477 e. The first kappa shape index (κ1) is 29.6. The van der Waals surface area contributed by atoms with Gasteiger partial charge in [-0.1, -0.05) is 6.42 Å². The first-order valence-corrected chi connectivity index (χ1v) is 15.6. The lowest BCUT2D eigenvalue weighted by Gasteiger charge is -2.34. The topological polar surface area (TPSA) is 97.2 Å². The third kappa shape index (κ3) is 6.41. The molecule has 2 N–H and O–H groups in total. The molecule has 1 aliphatic carbocycles. The van der Waals surface area contributed by atoms with Gasteiger partial charge in [0, 0.05) is 42.8 Å². The standard InChI is InChI=1S/C30H36F3N7O2S/c1-28(2)17-20-5-3-4-14-34-21-6-9-25(35-18-21)43-38-27(41)22-7-8-23(36-26(22)39(28)19-20)40-15-10-24(37-40)42-16-13-29(11-12-29)30(31,32)33/h6-10,15,18,20,34H,3-5,11-14,16-17,19H2,1-2H3,(H,38,41). The summed E-state index contributed by atoms with van der Waals surface area (Å²) in [6, 6.07) is 8.90. The first-order valence-electron chi connectivity index (χ1n) is 14.7. The average Bonchev–Trinajstić information content (AvgIpc) is 3.52. The molecule has 0 aromatic carbocycles. The second-order valence-electron chi connectivity index (χ2n) is 12.3. The van der Waals surface area contributed by atoms with Crippen molar-refractivity contribution in [2.75, 3.05) is 29.9 Å². The van der Waals surface area contributed by atoms with Crippen molar-refractivity contribution in [3.8, 4) is 11.7 Å². The summed E-state index contributed by atoms with van der Waals surface area (Å²) in [5.74, 6) is 1.45. The Labute approximate surface area is 253 Å². The zero-order valence-corrected chi connectivity index (χ0v) is 25.1. The van der Waals surface area contributed by atoms with Crippen LogP contribution in [0, 0.1) is 11.3 Å². The van der Waals surface area contributed by atoms with E-state index in [4.69, 9.17) is 9.72 Å². The van der Waals surface area contributed by atoms with Crippen molar-refractivity contribution in [3.05, 3.63) is 48.3 Å². The molecular weight excluding hydrogens is 579 g/mol. The summed E-state index contributed by atoms with van der Waals surface area (Å²) in [5, 5.41) is 8.51. The van der Waals surface area contributed by atoms with Crippen molar-refractivity contribution < 1.29 is 22.7 Å². The van der Waals surface area contributed by atoms with Gasteiger partial charge < -0.3 is 15.0 Å². The third-order valence-electron chi connectivity index (χ3n) is 8.76. The summed E-state index contributed by atoms with van der Waals surface area (Å²) in [6.45, 7) is 5.94. The van der Waals surface area contributed by atoms with Gasteiger partial charge in [-0.3, -0.25) is 9.52 Å². The number of alkyl halides is 3. The molecule has 230 valence electrons. The van der Waals surface area contributed by atoms with Crippen LogP contribution in [0.15, 0.2) is 47.8 Å². The maximum Gasteiger partial charge on any atom is 0.394 e. The molecule has 3 aromatic rings. The van der Waals surface area contributed by atoms with Gasteiger partial charge in [-0.25, -0.2) is 14.6 Å². The number of anilines is 2. The summed E-state index contributed by atoms with van der Waals surface area (Å²) in [5.41, 5.74) is -0.448. The predicted octanol–water partition coefficient (Wildman–Crippen LogP) is 6.41. The molecule has 7 rings (SSSR count). The van der Waals surface area contributed by atoms with Crippen molar-refractivity contribution in [1.29, 1.82) is 0 Å². The smallest absolute Gasteiger partial charge is 0.394 e. The summed E-state index contributed by atoms with van der Waals surface area (Å²) in [7, 11) is 0. The lowest BCUT2D eigenvalue weighted by molar-refractivity contribution is -0.190. The summed E-state index contributed by atoms with van der Waals surface area (Å²) in [6.07, 6.45) is 3.62. The van der Waals surface area contributed by atoms with E-state index in [0.29, 0.717) is 28.1 Å². The Kier molecular flexibility index (Phi) is 7.95. The van der Waals surface area contributed by atoms with Crippen molar-refractivity contribution >= 4 is 29.4 Å². The molecule has 4 aliphatic rings. The maximum absolute atomic E-state index is 13.5. The van der Waals surface area contributed by atoms with E-state index in [-0.39, 0.29) is 43.2 Å². The molecule has 1 saturated carbocycles. The molecule has 3 aromatic heterocycles. The van der Waals surface area contributed by atoms with Crippen LogP contribution in [0.2, 0.25) is 0 Å². The second-order valence-corrected chi connectivity index (χ2v) is 13.2. The third-order valence-corrected chi connectivity index (χ3v) is 9.50. The van der Waals surface area contributed by atoms with Crippen molar-refractivity contribution in [2.24, 2.45) is 11.3 Å². The SMILES string of the molecule is CC1(C)CC2CCCCNc3ccc(nc3)SNC(=O)c3ccc(-n4ccc(OCCC5(C(F)(F)F)CC5)n4)nc3N1C2. The molecule has 4 bridgehead atoms. The van der Waals surface area contributed by atoms with Gasteiger partial charge in [-0.2, -0.15) is 13.2 Å². The predicted molar refractivity (Wildman–Crippen MR) is 159 cm³/mol. The number of amides is 1. The number of nitrogens with zero attached hydrogens (tertiary/aromatic N) is 5. The Morgan fingerprint density at radius 3 is 2.72 bits per heavy atom.